The first-order valence-corrected chi connectivity index (χ1v) is 5.62. The number of aromatic carboxylic acids is 1. The summed E-state index contributed by atoms with van der Waals surface area (Å²) in [5, 5.41) is 8.85. The minimum absolute atomic E-state index is 0.114. The van der Waals surface area contributed by atoms with Crippen molar-refractivity contribution in [1.82, 2.24) is 9.97 Å². The molecular formula is C13H10F2N2O3. The lowest BCUT2D eigenvalue weighted by molar-refractivity contribution is 0.0693. The van der Waals surface area contributed by atoms with Crippen LogP contribution in [0.4, 0.5) is 8.78 Å². The van der Waals surface area contributed by atoms with Gasteiger partial charge in [-0.05, 0) is 25.5 Å². The molecule has 0 saturated heterocycles. The zero-order chi connectivity index (χ0) is 15.0. The number of nitrogens with zero attached hydrogens (tertiary/aromatic N) is 1. The fourth-order valence-corrected chi connectivity index (χ4v) is 1.83. The molecular weight excluding hydrogens is 270 g/mol. The van der Waals surface area contributed by atoms with Crippen LogP contribution in [0.1, 0.15) is 21.6 Å². The average molecular weight is 280 g/mol. The van der Waals surface area contributed by atoms with Crippen molar-refractivity contribution in [3.05, 3.63) is 50.9 Å². The Hall–Kier alpha value is -2.57. The minimum Gasteiger partial charge on any atom is -0.477 e. The molecule has 1 aromatic heterocycles. The second-order valence-corrected chi connectivity index (χ2v) is 4.23. The maximum absolute atomic E-state index is 14.0. The van der Waals surface area contributed by atoms with Crippen LogP contribution in [-0.2, 0) is 0 Å². The average Bonchev–Trinajstić information content (AvgIpc) is 2.33. The molecule has 1 aromatic carbocycles. The molecule has 7 heteroatoms. The normalized spacial score (nSPS) is 10.6. The number of H-pyrrole nitrogens is 1. The first-order valence-electron chi connectivity index (χ1n) is 5.62. The highest BCUT2D eigenvalue weighted by molar-refractivity contribution is 5.88. The van der Waals surface area contributed by atoms with Crippen LogP contribution in [0.15, 0.2) is 16.9 Å². The molecule has 0 saturated carbocycles. The fraction of sp³-hybridized carbons (Fsp3) is 0.154. The lowest BCUT2D eigenvalue weighted by Crippen LogP contribution is -2.22. The second kappa shape index (κ2) is 4.84. The van der Waals surface area contributed by atoms with Crippen molar-refractivity contribution in [2.45, 2.75) is 13.8 Å². The largest absolute Gasteiger partial charge is 0.477 e. The van der Waals surface area contributed by atoms with E-state index in [9.17, 15) is 18.4 Å². The van der Waals surface area contributed by atoms with Gasteiger partial charge in [0.05, 0.1) is 11.3 Å². The van der Waals surface area contributed by atoms with E-state index in [1.165, 1.54) is 19.9 Å². The van der Waals surface area contributed by atoms with E-state index in [0.717, 1.165) is 6.07 Å². The van der Waals surface area contributed by atoms with Gasteiger partial charge in [0.15, 0.2) is 0 Å². The fourth-order valence-electron chi connectivity index (χ4n) is 1.83. The molecule has 1 heterocycles. The van der Waals surface area contributed by atoms with Crippen LogP contribution in [0.5, 0.6) is 0 Å². The van der Waals surface area contributed by atoms with E-state index in [4.69, 9.17) is 5.11 Å². The molecule has 0 amide bonds. The van der Waals surface area contributed by atoms with Crippen molar-refractivity contribution in [2.75, 3.05) is 0 Å². The first-order chi connectivity index (χ1) is 9.32. The molecule has 2 N–H and O–H groups in total. The Morgan fingerprint density at radius 3 is 2.50 bits per heavy atom. The molecule has 0 radical (unpaired) electrons. The number of carboxylic acids is 1. The maximum atomic E-state index is 14.0. The predicted molar refractivity (Wildman–Crippen MR) is 66.6 cm³/mol. The number of aromatic amines is 1. The topological polar surface area (TPSA) is 83.0 Å². The van der Waals surface area contributed by atoms with Crippen LogP contribution in [-0.4, -0.2) is 21.0 Å². The number of aromatic nitrogens is 2. The Kier molecular flexibility index (Phi) is 3.35. The third-order valence-corrected chi connectivity index (χ3v) is 2.84. The minimum atomic E-state index is -1.45. The van der Waals surface area contributed by atoms with E-state index in [1.807, 2.05) is 0 Å². The van der Waals surface area contributed by atoms with Gasteiger partial charge in [-0.3, -0.25) is 4.79 Å². The third-order valence-electron chi connectivity index (χ3n) is 2.84. The zero-order valence-electron chi connectivity index (χ0n) is 10.6. The molecule has 0 aliphatic heterocycles. The Balaban J connectivity index is 2.76. The van der Waals surface area contributed by atoms with Gasteiger partial charge in [0, 0.05) is 0 Å². The Labute approximate surface area is 111 Å². The van der Waals surface area contributed by atoms with E-state index >= 15 is 0 Å². The lowest BCUT2D eigenvalue weighted by atomic mass is 10.1. The number of carboxylic acid groups (broad SMARTS) is 1. The monoisotopic (exact) mass is 280 g/mol. The smallest absolute Gasteiger partial charge is 0.343 e. The summed E-state index contributed by atoms with van der Waals surface area (Å²) in [5.74, 6) is -3.53. The van der Waals surface area contributed by atoms with Crippen LogP contribution in [0.2, 0.25) is 0 Å². The number of aryl methyl sites for hydroxylation is 2. The molecule has 5 nitrogen and oxygen atoms in total. The second-order valence-electron chi connectivity index (χ2n) is 4.23. The standard InChI is InChI=1S/C13H10F2N2O3/c1-5-3-4-7(14)9(10(5)15)11-16-6(2)8(13(19)20)12(18)17-11/h3-4H,1-2H3,(H,19,20)(H,16,17,18). The van der Waals surface area contributed by atoms with Crippen molar-refractivity contribution in [3.8, 4) is 11.4 Å². The van der Waals surface area contributed by atoms with Gasteiger partial charge in [-0.2, -0.15) is 0 Å². The van der Waals surface area contributed by atoms with Gasteiger partial charge >= 0.3 is 5.97 Å². The van der Waals surface area contributed by atoms with Crippen LogP contribution >= 0.6 is 0 Å². The SMILES string of the molecule is Cc1ccc(F)c(-c2nc(C)c(C(=O)O)c(=O)[nH]2)c1F. The Morgan fingerprint density at radius 2 is 1.95 bits per heavy atom. The highest BCUT2D eigenvalue weighted by Crippen LogP contribution is 2.24. The van der Waals surface area contributed by atoms with Gasteiger partial charge in [-0.15, -0.1) is 0 Å². The Morgan fingerprint density at radius 1 is 1.30 bits per heavy atom. The predicted octanol–water partition coefficient (Wildman–Crippen LogP) is 2.03. The Bertz CT molecular complexity index is 769. The van der Waals surface area contributed by atoms with Crippen molar-refractivity contribution < 1.29 is 18.7 Å². The molecule has 20 heavy (non-hydrogen) atoms. The van der Waals surface area contributed by atoms with E-state index in [-0.39, 0.29) is 17.1 Å². The van der Waals surface area contributed by atoms with Gasteiger partial charge in [0.2, 0.25) is 0 Å². The molecule has 0 aliphatic rings. The van der Waals surface area contributed by atoms with Crippen molar-refractivity contribution in [2.24, 2.45) is 0 Å². The van der Waals surface area contributed by atoms with Gasteiger partial charge < -0.3 is 10.1 Å². The number of rotatable bonds is 2. The summed E-state index contributed by atoms with van der Waals surface area (Å²) in [5.41, 5.74) is -1.93. The van der Waals surface area contributed by atoms with E-state index in [2.05, 4.69) is 9.97 Å². The lowest BCUT2D eigenvalue weighted by Gasteiger charge is -2.08. The number of carbonyl (C=O) groups is 1. The summed E-state index contributed by atoms with van der Waals surface area (Å²) in [7, 11) is 0. The van der Waals surface area contributed by atoms with Gasteiger partial charge in [-0.1, -0.05) is 6.07 Å². The summed E-state index contributed by atoms with van der Waals surface area (Å²) in [6.07, 6.45) is 0. The van der Waals surface area contributed by atoms with E-state index in [1.54, 1.807) is 0 Å². The molecule has 2 rings (SSSR count). The van der Waals surface area contributed by atoms with Crippen molar-refractivity contribution >= 4 is 5.97 Å². The summed E-state index contributed by atoms with van der Waals surface area (Å²) in [6.45, 7) is 2.72. The van der Waals surface area contributed by atoms with Gasteiger partial charge in [-0.25, -0.2) is 18.6 Å². The van der Waals surface area contributed by atoms with E-state index < -0.39 is 34.3 Å². The van der Waals surface area contributed by atoms with Crippen LogP contribution in [0.25, 0.3) is 11.4 Å². The molecule has 0 fully saturated rings. The molecule has 2 aromatic rings. The maximum Gasteiger partial charge on any atom is 0.343 e. The van der Waals surface area contributed by atoms with Crippen LogP contribution < -0.4 is 5.56 Å². The molecule has 0 atom stereocenters. The zero-order valence-corrected chi connectivity index (χ0v) is 10.6. The van der Waals surface area contributed by atoms with Crippen molar-refractivity contribution in [3.63, 3.8) is 0 Å². The number of halogens is 2. The molecule has 0 aliphatic carbocycles. The quantitative estimate of drug-likeness (QED) is 0.881. The van der Waals surface area contributed by atoms with Crippen LogP contribution in [0, 0.1) is 25.5 Å². The number of nitrogens with one attached hydrogen (secondary N) is 1. The van der Waals surface area contributed by atoms with Crippen molar-refractivity contribution in [1.29, 1.82) is 0 Å². The van der Waals surface area contributed by atoms with Gasteiger partial charge in [0.25, 0.3) is 5.56 Å². The molecule has 0 bridgehead atoms. The summed E-state index contributed by atoms with van der Waals surface area (Å²) in [4.78, 5) is 28.4. The number of hydrogen-bond acceptors (Lipinski definition) is 3. The number of benzene rings is 1. The van der Waals surface area contributed by atoms with Crippen LogP contribution in [0.3, 0.4) is 0 Å². The summed E-state index contributed by atoms with van der Waals surface area (Å²) >= 11 is 0. The first kappa shape index (κ1) is 13.9. The summed E-state index contributed by atoms with van der Waals surface area (Å²) < 4.78 is 27.7. The number of hydrogen-bond donors (Lipinski definition) is 2. The molecule has 0 spiro atoms. The third kappa shape index (κ3) is 2.18. The van der Waals surface area contributed by atoms with Gasteiger partial charge in [0.1, 0.15) is 23.0 Å². The highest BCUT2D eigenvalue weighted by Gasteiger charge is 2.20. The molecule has 0 unspecified atom stereocenters. The highest BCUT2D eigenvalue weighted by atomic mass is 19.1. The summed E-state index contributed by atoms with van der Waals surface area (Å²) in [6, 6.07) is 2.30. The van der Waals surface area contributed by atoms with E-state index in [0.29, 0.717) is 0 Å². The molecule has 104 valence electrons.